The number of nitrogens with one attached hydrogen (secondary N) is 1. The molecular formula is C17H13ClN6O. The minimum absolute atomic E-state index is 0.320. The van der Waals surface area contributed by atoms with Gasteiger partial charge in [0.15, 0.2) is 5.65 Å². The summed E-state index contributed by atoms with van der Waals surface area (Å²) in [6.45, 7) is 0. The SMILES string of the molecule is N#CC1(NC(=O)c2cc(-c3cnc4c(N)cnn4c3)ccc2Cl)CC1. The van der Waals surface area contributed by atoms with E-state index in [-0.39, 0.29) is 5.91 Å². The number of rotatable bonds is 3. The standard InChI is InChI=1S/C17H13ClN6O/c18-13-2-1-10(5-12(13)16(25)23-17(9-19)3-4-17)11-6-21-15-14(20)7-22-24(15)8-11/h1-2,5-8H,3-4,20H2,(H,23,25). The highest BCUT2D eigenvalue weighted by molar-refractivity contribution is 6.34. The molecule has 1 aromatic carbocycles. The minimum atomic E-state index is -0.747. The number of nitrogens with two attached hydrogens (primary N) is 1. The monoisotopic (exact) mass is 352 g/mol. The summed E-state index contributed by atoms with van der Waals surface area (Å²) in [4.78, 5) is 16.8. The van der Waals surface area contributed by atoms with Crippen LogP contribution in [0, 0.1) is 11.3 Å². The van der Waals surface area contributed by atoms with Gasteiger partial charge in [0, 0.05) is 18.0 Å². The van der Waals surface area contributed by atoms with Crippen LogP contribution in [0.15, 0.2) is 36.8 Å². The largest absolute Gasteiger partial charge is 0.394 e. The lowest BCUT2D eigenvalue weighted by molar-refractivity contribution is 0.0942. The van der Waals surface area contributed by atoms with Gasteiger partial charge in [-0.2, -0.15) is 10.4 Å². The third-order valence-electron chi connectivity index (χ3n) is 4.24. The van der Waals surface area contributed by atoms with Crippen LogP contribution in [0.1, 0.15) is 23.2 Å². The van der Waals surface area contributed by atoms with Crippen LogP contribution >= 0.6 is 11.6 Å². The van der Waals surface area contributed by atoms with Crippen LogP contribution in [0.4, 0.5) is 5.69 Å². The van der Waals surface area contributed by atoms with Crippen molar-refractivity contribution >= 4 is 28.8 Å². The molecule has 0 radical (unpaired) electrons. The Hall–Kier alpha value is -3.11. The number of nitrogen functional groups attached to an aromatic ring is 1. The van der Waals surface area contributed by atoms with Gasteiger partial charge < -0.3 is 11.1 Å². The van der Waals surface area contributed by atoms with Crippen molar-refractivity contribution < 1.29 is 4.79 Å². The van der Waals surface area contributed by atoms with E-state index in [9.17, 15) is 4.79 Å². The summed E-state index contributed by atoms with van der Waals surface area (Å²) < 4.78 is 1.58. The summed E-state index contributed by atoms with van der Waals surface area (Å²) in [5, 5.41) is 16.3. The van der Waals surface area contributed by atoms with Crippen LogP contribution in [0.5, 0.6) is 0 Å². The highest BCUT2D eigenvalue weighted by Crippen LogP contribution is 2.35. The summed E-state index contributed by atoms with van der Waals surface area (Å²) in [7, 11) is 0. The fourth-order valence-corrected chi connectivity index (χ4v) is 2.80. The molecule has 4 rings (SSSR count). The molecule has 2 aromatic heterocycles. The fourth-order valence-electron chi connectivity index (χ4n) is 2.60. The second-order valence-electron chi connectivity index (χ2n) is 6.05. The molecule has 1 amide bonds. The number of anilines is 1. The molecule has 0 bridgehead atoms. The lowest BCUT2D eigenvalue weighted by Crippen LogP contribution is -2.35. The molecule has 25 heavy (non-hydrogen) atoms. The molecule has 0 saturated heterocycles. The first-order chi connectivity index (χ1) is 12.0. The maximum absolute atomic E-state index is 12.5. The molecule has 3 N–H and O–H groups in total. The van der Waals surface area contributed by atoms with Crippen molar-refractivity contribution in [3.63, 3.8) is 0 Å². The zero-order chi connectivity index (χ0) is 17.6. The van der Waals surface area contributed by atoms with E-state index in [4.69, 9.17) is 22.6 Å². The van der Waals surface area contributed by atoms with E-state index >= 15 is 0 Å². The summed E-state index contributed by atoms with van der Waals surface area (Å²) in [5.41, 5.74) is 7.95. The van der Waals surface area contributed by atoms with Crippen molar-refractivity contribution in [2.75, 3.05) is 5.73 Å². The van der Waals surface area contributed by atoms with Crippen LogP contribution in [0.3, 0.4) is 0 Å². The third kappa shape index (κ3) is 2.66. The third-order valence-corrected chi connectivity index (χ3v) is 4.57. The molecule has 1 saturated carbocycles. The van der Waals surface area contributed by atoms with Gasteiger partial charge in [0.2, 0.25) is 0 Å². The van der Waals surface area contributed by atoms with Gasteiger partial charge in [-0.1, -0.05) is 17.7 Å². The van der Waals surface area contributed by atoms with Gasteiger partial charge in [-0.3, -0.25) is 4.79 Å². The molecule has 0 aliphatic heterocycles. The van der Waals surface area contributed by atoms with E-state index in [1.165, 1.54) is 6.20 Å². The van der Waals surface area contributed by atoms with Gasteiger partial charge >= 0.3 is 0 Å². The Kier molecular flexibility index (Phi) is 3.37. The summed E-state index contributed by atoms with van der Waals surface area (Å²) >= 11 is 6.18. The molecule has 1 aliphatic rings. The molecule has 1 aliphatic carbocycles. The number of halogens is 1. The zero-order valence-corrected chi connectivity index (χ0v) is 13.8. The molecule has 3 aromatic rings. The van der Waals surface area contributed by atoms with Crippen LogP contribution in [-0.2, 0) is 0 Å². The number of nitriles is 1. The quantitative estimate of drug-likeness (QED) is 0.752. The first kappa shape index (κ1) is 15.4. The highest BCUT2D eigenvalue weighted by Gasteiger charge is 2.44. The Morgan fingerprint density at radius 1 is 1.36 bits per heavy atom. The number of aromatic nitrogens is 3. The number of carbonyl (C=O) groups is 1. The van der Waals surface area contributed by atoms with Gasteiger partial charge in [-0.15, -0.1) is 0 Å². The van der Waals surface area contributed by atoms with Crippen LogP contribution < -0.4 is 11.1 Å². The predicted molar refractivity (Wildman–Crippen MR) is 92.9 cm³/mol. The number of nitrogens with zero attached hydrogens (tertiary/aromatic N) is 4. The second kappa shape index (κ2) is 5.46. The van der Waals surface area contributed by atoms with Gasteiger partial charge in [-0.25, -0.2) is 9.50 Å². The Labute approximate surface area is 148 Å². The lowest BCUT2D eigenvalue weighted by atomic mass is 10.0. The van der Waals surface area contributed by atoms with Gasteiger partial charge in [0.05, 0.1) is 28.5 Å². The Balaban J connectivity index is 1.70. The maximum atomic E-state index is 12.5. The number of amides is 1. The van der Waals surface area contributed by atoms with Crippen molar-refractivity contribution in [2.24, 2.45) is 0 Å². The first-order valence-corrected chi connectivity index (χ1v) is 8.02. The van der Waals surface area contributed by atoms with Crippen LogP contribution in [0.25, 0.3) is 16.8 Å². The van der Waals surface area contributed by atoms with E-state index in [0.29, 0.717) is 34.8 Å². The van der Waals surface area contributed by atoms with Gasteiger partial charge in [0.1, 0.15) is 5.54 Å². The summed E-state index contributed by atoms with van der Waals surface area (Å²) in [5.74, 6) is -0.358. The zero-order valence-electron chi connectivity index (χ0n) is 13.0. The molecule has 0 atom stereocenters. The normalized spacial score (nSPS) is 14.9. The van der Waals surface area contributed by atoms with E-state index in [0.717, 1.165) is 11.1 Å². The van der Waals surface area contributed by atoms with Crippen LogP contribution in [-0.4, -0.2) is 26.0 Å². The Morgan fingerprint density at radius 2 is 2.16 bits per heavy atom. The molecule has 2 heterocycles. The molecule has 8 heteroatoms. The summed E-state index contributed by atoms with van der Waals surface area (Å²) in [6, 6.07) is 7.26. The molecule has 0 spiro atoms. The Bertz CT molecular complexity index is 1050. The molecule has 0 unspecified atom stereocenters. The number of fused-ring (bicyclic) bond motifs is 1. The Morgan fingerprint density at radius 3 is 2.88 bits per heavy atom. The van der Waals surface area contributed by atoms with Gasteiger partial charge in [0.25, 0.3) is 5.91 Å². The van der Waals surface area contributed by atoms with E-state index < -0.39 is 5.54 Å². The smallest absolute Gasteiger partial charge is 0.254 e. The van der Waals surface area contributed by atoms with Crippen molar-refractivity contribution in [1.82, 2.24) is 19.9 Å². The average Bonchev–Trinajstić information content (AvgIpc) is 3.30. The maximum Gasteiger partial charge on any atom is 0.254 e. The number of hydrogen-bond donors (Lipinski definition) is 2. The minimum Gasteiger partial charge on any atom is -0.394 e. The average molecular weight is 353 g/mol. The van der Waals surface area contributed by atoms with E-state index in [2.05, 4.69) is 21.5 Å². The van der Waals surface area contributed by atoms with Crippen molar-refractivity contribution in [3.05, 3.63) is 47.4 Å². The highest BCUT2D eigenvalue weighted by atomic mass is 35.5. The fraction of sp³-hybridized carbons (Fsp3) is 0.176. The first-order valence-electron chi connectivity index (χ1n) is 7.64. The lowest BCUT2D eigenvalue weighted by Gasteiger charge is -2.12. The number of hydrogen-bond acceptors (Lipinski definition) is 5. The topological polar surface area (TPSA) is 109 Å². The van der Waals surface area contributed by atoms with Crippen molar-refractivity contribution in [1.29, 1.82) is 5.26 Å². The van der Waals surface area contributed by atoms with E-state index in [1.807, 2.05) is 0 Å². The summed E-state index contributed by atoms with van der Waals surface area (Å²) in [6.07, 6.45) is 6.29. The molecule has 1 fully saturated rings. The molecule has 124 valence electrons. The number of carbonyl (C=O) groups excluding carboxylic acids is 1. The van der Waals surface area contributed by atoms with E-state index in [1.54, 1.807) is 35.1 Å². The molecule has 7 nitrogen and oxygen atoms in total. The second-order valence-corrected chi connectivity index (χ2v) is 6.46. The van der Waals surface area contributed by atoms with Crippen LogP contribution in [0.2, 0.25) is 5.02 Å². The van der Waals surface area contributed by atoms with Crippen molar-refractivity contribution in [3.8, 4) is 17.2 Å². The van der Waals surface area contributed by atoms with Gasteiger partial charge in [-0.05, 0) is 30.5 Å². The number of benzene rings is 1. The predicted octanol–water partition coefficient (Wildman–Crippen LogP) is 2.42. The van der Waals surface area contributed by atoms with Crippen molar-refractivity contribution in [2.45, 2.75) is 18.4 Å². The molecular weight excluding hydrogens is 340 g/mol.